The van der Waals surface area contributed by atoms with Gasteiger partial charge in [0.2, 0.25) is 10.0 Å². The van der Waals surface area contributed by atoms with Gasteiger partial charge in [-0.1, -0.05) is 0 Å². The van der Waals surface area contributed by atoms with Gasteiger partial charge in [-0.2, -0.15) is 0 Å². The lowest BCUT2D eigenvalue weighted by Gasteiger charge is -2.10. The van der Waals surface area contributed by atoms with E-state index in [1.54, 1.807) is 18.2 Å². The molecular formula is C10H15BrN2O3S. The third kappa shape index (κ3) is 4.93. The fourth-order valence-electron chi connectivity index (χ4n) is 1.23. The van der Waals surface area contributed by atoms with Gasteiger partial charge in [0.05, 0.1) is 11.4 Å². The second-order valence-electron chi connectivity index (χ2n) is 3.51. The molecule has 7 heteroatoms. The predicted molar refractivity (Wildman–Crippen MR) is 72.5 cm³/mol. The third-order valence-electron chi connectivity index (χ3n) is 2.02. The number of nitrogen functional groups attached to an aromatic ring is 1. The van der Waals surface area contributed by atoms with Crippen molar-refractivity contribution in [1.29, 1.82) is 0 Å². The van der Waals surface area contributed by atoms with E-state index in [0.29, 0.717) is 28.9 Å². The molecule has 0 amide bonds. The van der Waals surface area contributed by atoms with Crippen molar-refractivity contribution in [2.24, 2.45) is 0 Å². The van der Waals surface area contributed by atoms with Crippen LogP contribution in [-0.4, -0.2) is 27.9 Å². The molecule has 0 aliphatic carbocycles. The van der Waals surface area contributed by atoms with Gasteiger partial charge in [0.15, 0.2) is 0 Å². The van der Waals surface area contributed by atoms with Crippen LogP contribution in [0.25, 0.3) is 0 Å². The van der Waals surface area contributed by atoms with Crippen LogP contribution in [0, 0.1) is 0 Å². The highest BCUT2D eigenvalue weighted by atomic mass is 79.9. The van der Waals surface area contributed by atoms with Crippen molar-refractivity contribution in [2.75, 3.05) is 29.9 Å². The molecule has 1 aromatic rings. The average molecular weight is 323 g/mol. The lowest BCUT2D eigenvalue weighted by Crippen LogP contribution is -2.18. The van der Waals surface area contributed by atoms with Crippen molar-refractivity contribution in [3.05, 3.63) is 22.7 Å². The molecule has 5 nitrogen and oxygen atoms in total. The van der Waals surface area contributed by atoms with Crippen LogP contribution >= 0.6 is 15.9 Å². The summed E-state index contributed by atoms with van der Waals surface area (Å²) in [4.78, 5) is 0. The number of hydrogen-bond donors (Lipinski definition) is 2. The molecular weight excluding hydrogens is 308 g/mol. The van der Waals surface area contributed by atoms with Crippen molar-refractivity contribution in [1.82, 2.24) is 0 Å². The lowest BCUT2D eigenvalue weighted by molar-refractivity contribution is 0.199. The molecule has 0 saturated heterocycles. The van der Waals surface area contributed by atoms with Gasteiger partial charge in [-0.25, -0.2) is 8.42 Å². The van der Waals surface area contributed by atoms with E-state index in [4.69, 9.17) is 10.5 Å². The molecule has 0 heterocycles. The van der Waals surface area contributed by atoms with Crippen molar-refractivity contribution < 1.29 is 13.2 Å². The van der Waals surface area contributed by atoms with Crippen LogP contribution in [0.4, 0.5) is 11.4 Å². The number of ether oxygens (including phenoxy) is 1. The zero-order chi connectivity index (χ0) is 12.9. The molecule has 17 heavy (non-hydrogen) atoms. The van der Waals surface area contributed by atoms with Gasteiger partial charge in [-0.3, -0.25) is 4.72 Å². The Kier molecular flexibility index (Phi) is 5.23. The van der Waals surface area contributed by atoms with Gasteiger partial charge < -0.3 is 10.5 Å². The van der Waals surface area contributed by atoms with Crippen molar-refractivity contribution >= 4 is 37.3 Å². The molecule has 0 aliphatic rings. The first kappa shape index (κ1) is 14.3. The summed E-state index contributed by atoms with van der Waals surface area (Å²) in [6.07, 6.45) is 0.450. The molecule has 0 fully saturated rings. The monoisotopic (exact) mass is 322 g/mol. The molecule has 0 radical (unpaired) electrons. The highest BCUT2D eigenvalue weighted by molar-refractivity contribution is 9.10. The van der Waals surface area contributed by atoms with Gasteiger partial charge in [0.1, 0.15) is 0 Å². The maximum atomic E-state index is 11.7. The number of anilines is 2. The van der Waals surface area contributed by atoms with Crippen molar-refractivity contribution in [2.45, 2.75) is 6.42 Å². The fourth-order valence-corrected chi connectivity index (χ4v) is 2.81. The summed E-state index contributed by atoms with van der Waals surface area (Å²) in [5, 5.41) is 0. The number of nitrogens with two attached hydrogens (primary N) is 1. The van der Waals surface area contributed by atoms with Crippen LogP contribution in [0.15, 0.2) is 22.7 Å². The first-order valence-corrected chi connectivity index (χ1v) is 7.43. The fraction of sp³-hybridized carbons (Fsp3) is 0.400. The summed E-state index contributed by atoms with van der Waals surface area (Å²) >= 11 is 3.26. The van der Waals surface area contributed by atoms with E-state index in [2.05, 4.69) is 20.7 Å². The van der Waals surface area contributed by atoms with Crippen molar-refractivity contribution in [3.8, 4) is 0 Å². The molecule has 0 saturated carbocycles. The molecule has 0 atom stereocenters. The highest BCUT2D eigenvalue weighted by Gasteiger charge is 2.12. The number of hydrogen-bond acceptors (Lipinski definition) is 4. The SMILES string of the molecule is COCCCS(=O)(=O)Nc1cc(N)ccc1Br. The number of halogens is 1. The van der Waals surface area contributed by atoms with Gasteiger partial charge in [0.25, 0.3) is 0 Å². The Labute approximate surface area is 110 Å². The third-order valence-corrected chi connectivity index (χ3v) is 4.07. The zero-order valence-corrected chi connectivity index (χ0v) is 11.8. The summed E-state index contributed by atoms with van der Waals surface area (Å²) in [6, 6.07) is 4.95. The zero-order valence-electron chi connectivity index (χ0n) is 9.44. The summed E-state index contributed by atoms with van der Waals surface area (Å²) in [5.41, 5.74) is 6.54. The standard InChI is InChI=1S/C10H15BrN2O3S/c1-16-5-2-6-17(14,15)13-10-7-8(12)3-4-9(10)11/h3-4,7,13H,2,5-6,12H2,1H3. The molecule has 0 aliphatic heterocycles. The van der Waals surface area contributed by atoms with Gasteiger partial charge in [-0.15, -0.1) is 0 Å². The van der Waals surface area contributed by atoms with E-state index in [0.717, 1.165) is 0 Å². The number of methoxy groups -OCH3 is 1. The van der Waals surface area contributed by atoms with Crippen molar-refractivity contribution in [3.63, 3.8) is 0 Å². The van der Waals surface area contributed by atoms with Crippen LogP contribution in [0.1, 0.15) is 6.42 Å². The second kappa shape index (κ2) is 6.23. The number of rotatable bonds is 6. The molecule has 0 spiro atoms. The van der Waals surface area contributed by atoms with E-state index in [1.165, 1.54) is 7.11 Å². The van der Waals surface area contributed by atoms with Crippen LogP contribution in [0.5, 0.6) is 0 Å². The van der Waals surface area contributed by atoms with Gasteiger partial charge >= 0.3 is 0 Å². The first-order valence-electron chi connectivity index (χ1n) is 4.99. The smallest absolute Gasteiger partial charge is 0.232 e. The van der Waals surface area contributed by atoms with Crippen LogP contribution in [-0.2, 0) is 14.8 Å². The molecule has 1 rings (SSSR count). The quantitative estimate of drug-likeness (QED) is 0.618. The molecule has 0 aromatic heterocycles. The Hall–Kier alpha value is -0.790. The summed E-state index contributed by atoms with van der Waals surface area (Å²) < 4.78 is 31.4. The maximum Gasteiger partial charge on any atom is 0.232 e. The van der Waals surface area contributed by atoms with Gasteiger partial charge in [0, 0.05) is 23.9 Å². The van der Waals surface area contributed by atoms with E-state index in [9.17, 15) is 8.42 Å². The number of sulfonamides is 1. The lowest BCUT2D eigenvalue weighted by atomic mass is 10.3. The Morgan fingerprint density at radius 1 is 1.47 bits per heavy atom. The number of benzene rings is 1. The summed E-state index contributed by atoms with van der Waals surface area (Å²) in [5.74, 6) is 0.0160. The van der Waals surface area contributed by atoms with Gasteiger partial charge in [-0.05, 0) is 40.5 Å². The molecule has 96 valence electrons. The highest BCUT2D eigenvalue weighted by Crippen LogP contribution is 2.25. The summed E-state index contributed by atoms with van der Waals surface area (Å²) in [6.45, 7) is 0.416. The van der Waals surface area contributed by atoms with Crippen LogP contribution in [0.3, 0.4) is 0 Å². The van der Waals surface area contributed by atoms with E-state index >= 15 is 0 Å². The Balaban J connectivity index is 2.72. The Morgan fingerprint density at radius 3 is 2.82 bits per heavy atom. The topological polar surface area (TPSA) is 81.4 Å². The normalized spacial score (nSPS) is 11.4. The average Bonchev–Trinajstić information content (AvgIpc) is 2.23. The Bertz CT molecular complexity index is 476. The van der Waals surface area contributed by atoms with E-state index in [-0.39, 0.29) is 5.75 Å². The van der Waals surface area contributed by atoms with Crippen LogP contribution in [0.2, 0.25) is 0 Å². The molecule has 0 bridgehead atoms. The van der Waals surface area contributed by atoms with E-state index < -0.39 is 10.0 Å². The number of nitrogens with one attached hydrogen (secondary N) is 1. The minimum absolute atomic E-state index is 0.0160. The van der Waals surface area contributed by atoms with Crippen LogP contribution < -0.4 is 10.5 Å². The molecule has 0 unspecified atom stereocenters. The minimum atomic E-state index is -3.36. The molecule has 3 N–H and O–H groups in total. The Morgan fingerprint density at radius 2 is 2.18 bits per heavy atom. The summed E-state index contributed by atoms with van der Waals surface area (Å²) in [7, 11) is -1.83. The molecule has 1 aromatic carbocycles. The van der Waals surface area contributed by atoms with E-state index in [1.807, 2.05) is 0 Å². The minimum Gasteiger partial charge on any atom is -0.399 e. The second-order valence-corrected chi connectivity index (χ2v) is 6.20. The first-order chi connectivity index (χ1) is 7.94. The largest absolute Gasteiger partial charge is 0.399 e. The predicted octanol–water partition coefficient (Wildman–Crippen LogP) is 1.81. The maximum absolute atomic E-state index is 11.7.